The number of esters is 1. The van der Waals surface area contributed by atoms with Crippen molar-refractivity contribution in [3.63, 3.8) is 0 Å². The van der Waals surface area contributed by atoms with E-state index in [9.17, 15) is 9.59 Å². The number of ketones is 1. The lowest BCUT2D eigenvalue weighted by atomic mass is 9.96. The van der Waals surface area contributed by atoms with Crippen molar-refractivity contribution >= 4 is 11.8 Å². The first-order valence-electron chi connectivity index (χ1n) is 8.33. The second-order valence-corrected chi connectivity index (χ2v) is 5.54. The number of unbranched alkanes of at least 4 members (excludes halogenated alkanes) is 2. The second kappa shape index (κ2) is 13.1. The minimum Gasteiger partial charge on any atom is -0.465 e. The van der Waals surface area contributed by atoms with Crippen LogP contribution in [-0.4, -0.2) is 18.4 Å². The van der Waals surface area contributed by atoms with Crippen molar-refractivity contribution in [3.05, 3.63) is 0 Å². The van der Waals surface area contributed by atoms with E-state index >= 15 is 0 Å². The summed E-state index contributed by atoms with van der Waals surface area (Å²) in [6.07, 6.45) is 8.89. The first-order chi connectivity index (χ1) is 9.65. The van der Waals surface area contributed by atoms with Crippen molar-refractivity contribution < 1.29 is 14.3 Å². The summed E-state index contributed by atoms with van der Waals surface area (Å²) in [6, 6.07) is 0. The van der Waals surface area contributed by atoms with Crippen molar-refractivity contribution in [2.75, 3.05) is 6.61 Å². The van der Waals surface area contributed by atoms with Crippen molar-refractivity contribution in [2.45, 2.75) is 85.0 Å². The van der Waals surface area contributed by atoms with Crippen molar-refractivity contribution in [1.82, 2.24) is 0 Å². The average molecular weight is 284 g/mol. The molecule has 0 aliphatic carbocycles. The Morgan fingerprint density at radius 3 is 2.20 bits per heavy atom. The van der Waals surface area contributed by atoms with Crippen LogP contribution in [0.5, 0.6) is 0 Å². The molecule has 0 radical (unpaired) electrons. The zero-order valence-electron chi connectivity index (χ0n) is 13.6. The van der Waals surface area contributed by atoms with Gasteiger partial charge in [-0.3, -0.25) is 9.59 Å². The van der Waals surface area contributed by atoms with Crippen LogP contribution in [0.15, 0.2) is 0 Å². The Morgan fingerprint density at radius 1 is 0.850 bits per heavy atom. The van der Waals surface area contributed by atoms with E-state index in [1.54, 1.807) is 0 Å². The fraction of sp³-hybridized carbons (Fsp3) is 0.882. The third-order valence-electron chi connectivity index (χ3n) is 3.50. The van der Waals surface area contributed by atoms with Crippen LogP contribution in [0.1, 0.15) is 85.0 Å². The van der Waals surface area contributed by atoms with Crippen LogP contribution in [0.25, 0.3) is 0 Å². The first kappa shape index (κ1) is 19.1. The molecule has 0 saturated heterocycles. The molecule has 0 rings (SSSR count). The number of ether oxygens (including phenoxy) is 1. The zero-order valence-corrected chi connectivity index (χ0v) is 13.6. The highest BCUT2D eigenvalue weighted by atomic mass is 16.5. The fourth-order valence-electron chi connectivity index (χ4n) is 2.28. The van der Waals surface area contributed by atoms with Crippen LogP contribution in [0, 0.1) is 5.92 Å². The molecule has 0 aliphatic rings. The van der Waals surface area contributed by atoms with Crippen LogP contribution >= 0.6 is 0 Å². The number of carbonyl (C=O) groups is 2. The summed E-state index contributed by atoms with van der Waals surface area (Å²) >= 11 is 0. The second-order valence-electron chi connectivity index (χ2n) is 5.54. The summed E-state index contributed by atoms with van der Waals surface area (Å²) in [5, 5.41) is 0. The van der Waals surface area contributed by atoms with E-state index in [0.717, 1.165) is 51.4 Å². The number of hydrogen-bond donors (Lipinski definition) is 0. The van der Waals surface area contributed by atoms with E-state index < -0.39 is 0 Å². The van der Waals surface area contributed by atoms with Gasteiger partial charge in [-0.25, -0.2) is 0 Å². The minimum atomic E-state index is -0.0415. The molecule has 0 N–H and O–H groups in total. The predicted molar refractivity (Wildman–Crippen MR) is 82.6 cm³/mol. The molecule has 0 aromatic carbocycles. The van der Waals surface area contributed by atoms with Crippen LogP contribution < -0.4 is 0 Å². The maximum atomic E-state index is 11.9. The zero-order chi connectivity index (χ0) is 15.2. The van der Waals surface area contributed by atoms with Crippen LogP contribution in [0.3, 0.4) is 0 Å². The Bertz CT molecular complexity index is 261. The molecule has 118 valence electrons. The smallest absolute Gasteiger partial charge is 0.308 e. The molecule has 3 heteroatoms. The van der Waals surface area contributed by atoms with E-state index in [-0.39, 0.29) is 11.9 Å². The van der Waals surface area contributed by atoms with Gasteiger partial charge in [-0.05, 0) is 32.1 Å². The Kier molecular flexibility index (Phi) is 12.6. The number of hydrogen-bond acceptors (Lipinski definition) is 3. The Labute approximate surface area is 124 Å². The Morgan fingerprint density at radius 2 is 1.60 bits per heavy atom. The van der Waals surface area contributed by atoms with E-state index in [0.29, 0.717) is 25.2 Å². The normalized spacial score (nSPS) is 12.2. The molecule has 0 aromatic rings. The molecule has 20 heavy (non-hydrogen) atoms. The molecule has 0 fully saturated rings. The number of Topliss-reactive ketones (excluding diaryl/α,β-unsaturated/α-hetero) is 1. The van der Waals surface area contributed by atoms with Crippen molar-refractivity contribution in [1.29, 1.82) is 0 Å². The number of rotatable bonds is 13. The molecule has 0 aromatic heterocycles. The molecule has 1 atom stereocenters. The van der Waals surface area contributed by atoms with Crippen molar-refractivity contribution in [2.24, 2.45) is 5.92 Å². The van der Waals surface area contributed by atoms with Crippen LogP contribution in [0.2, 0.25) is 0 Å². The summed E-state index contributed by atoms with van der Waals surface area (Å²) in [6.45, 7) is 6.76. The number of carbonyl (C=O) groups excluding carboxylic acids is 2. The van der Waals surface area contributed by atoms with Gasteiger partial charge in [-0.15, -0.1) is 0 Å². The Balaban J connectivity index is 3.89. The highest BCUT2D eigenvalue weighted by Gasteiger charge is 2.18. The van der Waals surface area contributed by atoms with E-state index in [4.69, 9.17) is 4.74 Å². The van der Waals surface area contributed by atoms with Gasteiger partial charge in [-0.2, -0.15) is 0 Å². The maximum Gasteiger partial charge on any atom is 0.308 e. The molecule has 0 unspecified atom stereocenters. The first-order valence-corrected chi connectivity index (χ1v) is 8.33. The molecule has 0 amide bonds. The molecule has 0 aliphatic heterocycles. The SMILES string of the molecule is CCCCOC(=O)[C@H](CCC)CCCCC(=O)CCC. The third-order valence-corrected chi connectivity index (χ3v) is 3.50. The van der Waals surface area contributed by atoms with Gasteiger partial charge in [-0.1, -0.05) is 40.0 Å². The third kappa shape index (κ3) is 9.99. The summed E-state index contributed by atoms with van der Waals surface area (Å²) in [5.74, 6) is 0.336. The maximum absolute atomic E-state index is 11.9. The summed E-state index contributed by atoms with van der Waals surface area (Å²) < 4.78 is 5.31. The minimum absolute atomic E-state index is 0.0260. The molecule has 0 heterocycles. The molecule has 0 spiro atoms. The molecule has 3 nitrogen and oxygen atoms in total. The summed E-state index contributed by atoms with van der Waals surface area (Å²) in [4.78, 5) is 23.4. The van der Waals surface area contributed by atoms with Crippen molar-refractivity contribution in [3.8, 4) is 0 Å². The lowest BCUT2D eigenvalue weighted by Gasteiger charge is -2.15. The summed E-state index contributed by atoms with van der Waals surface area (Å²) in [7, 11) is 0. The standard InChI is InChI=1S/C17H32O3/c1-4-7-14-20-17(19)15(10-5-2)12-8-9-13-16(18)11-6-3/h15H,4-14H2,1-3H3/t15-/m1/s1. The molecule has 0 saturated carbocycles. The molecular weight excluding hydrogens is 252 g/mol. The van der Waals surface area contributed by atoms with Gasteiger partial charge in [0.25, 0.3) is 0 Å². The van der Waals surface area contributed by atoms with Crippen LogP contribution in [-0.2, 0) is 14.3 Å². The van der Waals surface area contributed by atoms with Gasteiger partial charge >= 0.3 is 5.97 Å². The fourth-order valence-corrected chi connectivity index (χ4v) is 2.28. The van der Waals surface area contributed by atoms with Gasteiger partial charge in [0, 0.05) is 12.8 Å². The molecular formula is C17H32O3. The Hall–Kier alpha value is -0.860. The summed E-state index contributed by atoms with van der Waals surface area (Å²) in [5.41, 5.74) is 0. The van der Waals surface area contributed by atoms with E-state index in [1.807, 2.05) is 6.92 Å². The topological polar surface area (TPSA) is 43.4 Å². The quantitative estimate of drug-likeness (QED) is 0.364. The lowest BCUT2D eigenvalue weighted by molar-refractivity contribution is -0.149. The van der Waals surface area contributed by atoms with Gasteiger partial charge in [0.05, 0.1) is 12.5 Å². The van der Waals surface area contributed by atoms with Gasteiger partial charge in [0.2, 0.25) is 0 Å². The predicted octanol–water partition coefficient (Wildman–Crippen LogP) is 4.68. The molecule has 0 bridgehead atoms. The highest BCUT2D eigenvalue weighted by molar-refractivity contribution is 5.78. The van der Waals surface area contributed by atoms with Gasteiger partial charge in [0.1, 0.15) is 5.78 Å². The lowest BCUT2D eigenvalue weighted by Crippen LogP contribution is -2.18. The van der Waals surface area contributed by atoms with Crippen LogP contribution in [0.4, 0.5) is 0 Å². The van der Waals surface area contributed by atoms with E-state index in [2.05, 4.69) is 13.8 Å². The van der Waals surface area contributed by atoms with Gasteiger partial charge < -0.3 is 4.74 Å². The largest absolute Gasteiger partial charge is 0.465 e. The van der Waals surface area contributed by atoms with E-state index in [1.165, 1.54) is 0 Å². The monoisotopic (exact) mass is 284 g/mol. The average Bonchev–Trinajstić information content (AvgIpc) is 2.42. The van der Waals surface area contributed by atoms with Gasteiger partial charge in [0.15, 0.2) is 0 Å². The highest BCUT2D eigenvalue weighted by Crippen LogP contribution is 2.18.